The molecule has 5 heteroatoms. The van der Waals surface area contributed by atoms with Crippen LogP contribution in [0.1, 0.15) is 31.2 Å². The SMILES string of the molecule is O=C(C1CC(F)C1)N1CC[C@H]2[C@H]1CCN2Cc1cccnc1. The summed E-state index contributed by atoms with van der Waals surface area (Å²) < 4.78 is 13.0. The third-order valence-corrected chi connectivity index (χ3v) is 5.51. The van der Waals surface area contributed by atoms with Gasteiger partial charge in [0.15, 0.2) is 0 Å². The Labute approximate surface area is 130 Å². The van der Waals surface area contributed by atoms with E-state index in [9.17, 15) is 9.18 Å². The number of rotatable bonds is 3. The van der Waals surface area contributed by atoms with Gasteiger partial charge in [-0.25, -0.2) is 4.39 Å². The van der Waals surface area contributed by atoms with Crippen LogP contribution in [0.15, 0.2) is 24.5 Å². The number of carbonyl (C=O) groups is 1. The monoisotopic (exact) mass is 303 g/mol. The zero-order valence-electron chi connectivity index (χ0n) is 12.7. The van der Waals surface area contributed by atoms with Crippen molar-refractivity contribution in [1.82, 2.24) is 14.8 Å². The third-order valence-electron chi connectivity index (χ3n) is 5.51. The maximum Gasteiger partial charge on any atom is 0.226 e. The Morgan fingerprint density at radius 1 is 1.27 bits per heavy atom. The Balaban J connectivity index is 1.40. The van der Waals surface area contributed by atoms with Crippen LogP contribution in [0.3, 0.4) is 0 Å². The molecule has 1 aromatic heterocycles. The van der Waals surface area contributed by atoms with Gasteiger partial charge in [-0.3, -0.25) is 14.7 Å². The first-order chi connectivity index (χ1) is 10.7. The number of hydrogen-bond acceptors (Lipinski definition) is 3. The summed E-state index contributed by atoms with van der Waals surface area (Å²) in [6.45, 7) is 2.78. The summed E-state index contributed by atoms with van der Waals surface area (Å²) in [5, 5.41) is 0. The molecule has 1 aromatic rings. The Morgan fingerprint density at radius 3 is 2.82 bits per heavy atom. The van der Waals surface area contributed by atoms with Gasteiger partial charge in [0.1, 0.15) is 6.17 Å². The fraction of sp³-hybridized carbons (Fsp3) is 0.647. The van der Waals surface area contributed by atoms with Gasteiger partial charge in [-0.1, -0.05) is 6.07 Å². The van der Waals surface area contributed by atoms with E-state index in [1.807, 2.05) is 17.2 Å². The Hall–Kier alpha value is -1.49. The Bertz CT molecular complexity index is 546. The molecule has 118 valence electrons. The van der Waals surface area contributed by atoms with Crippen molar-refractivity contribution in [2.45, 2.75) is 50.5 Å². The van der Waals surface area contributed by atoms with Gasteiger partial charge in [0.2, 0.25) is 5.91 Å². The van der Waals surface area contributed by atoms with E-state index in [2.05, 4.69) is 16.0 Å². The molecule has 0 aromatic carbocycles. The molecular formula is C17H22FN3O. The summed E-state index contributed by atoms with van der Waals surface area (Å²) in [4.78, 5) is 21.2. The lowest BCUT2D eigenvalue weighted by atomic mass is 9.82. The van der Waals surface area contributed by atoms with Crippen molar-refractivity contribution in [3.05, 3.63) is 30.1 Å². The number of amides is 1. The molecule has 1 amide bonds. The minimum absolute atomic E-state index is 0.0545. The average molecular weight is 303 g/mol. The number of halogens is 1. The molecule has 0 unspecified atom stereocenters. The Kier molecular flexibility index (Phi) is 3.60. The molecule has 0 radical (unpaired) electrons. The van der Waals surface area contributed by atoms with Crippen molar-refractivity contribution >= 4 is 5.91 Å². The van der Waals surface area contributed by atoms with E-state index >= 15 is 0 Å². The van der Waals surface area contributed by atoms with E-state index in [0.717, 1.165) is 32.5 Å². The number of carbonyl (C=O) groups excluding carboxylic acids is 1. The van der Waals surface area contributed by atoms with Crippen LogP contribution < -0.4 is 0 Å². The third kappa shape index (κ3) is 2.41. The standard InChI is InChI=1S/C17H22FN3O/c18-14-8-13(9-14)17(22)21-7-4-15-16(21)3-6-20(15)11-12-2-1-5-19-10-12/h1-2,5,10,13-16H,3-4,6-9,11H2/t13?,14?,15-,16+/m0/s1. The summed E-state index contributed by atoms with van der Waals surface area (Å²) in [5.41, 5.74) is 1.23. The van der Waals surface area contributed by atoms with E-state index < -0.39 is 6.17 Å². The summed E-state index contributed by atoms with van der Waals surface area (Å²) in [6.07, 6.45) is 5.92. The fourth-order valence-corrected chi connectivity index (χ4v) is 4.26. The normalized spacial score (nSPS) is 34.5. The second-order valence-electron chi connectivity index (χ2n) is 6.84. The van der Waals surface area contributed by atoms with E-state index in [1.165, 1.54) is 5.56 Å². The van der Waals surface area contributed by atoms with E-state index in [-0.39, 0.29) is 11.8 Å². The van der Waals surface area contributed by atoms with Crippen molar-refractivity contribution in [2.24, 2.45) is 5.92 Å². The first kappa shape index (κ1) is 14.1. The molecular weight excluding hydrogens is 281 g/mol. The number of pyridine rings is 1. The molecule has 2 saturated heterocycles. The van der Waals surface area contributed by atoms with Crippen LogP contribution >= 0.6 is 0 Å². The van der Waals surface area contributed by atoms with Crippen molar-refractivity contribution in [3.8, 4) is 0 Å². The minimum atomic E-state index is -0.752. The highest BCUT2D eigenvalue weighted by Crippen LogP contribution is 2.37. The number of likely N-dealkylation sites (tertiary alicyclic amines) is 2. The molecule has 3 aliphatic rings. The van der Waals surface area contributed by atoms with Crippen LogP contribution in [0, 0.1) is 5.92 Å². The molecule has 0 N–H and O–H groups in total. The molecule has 1 aliphatic carbocycles. The Morgan fingerprint density at radius 2 is 2.09 bits per heavy atom. The number of aromatic nitrogens is 1. The van der Waals surface area contributed by atoms with Gasteiger partial charge < -0.3 is 4.90 Å². The molecule has 2 atom stereocenters. The van der Waals surface area contributed by atoms with Crippen LogP contribution in [0.4, 0.5) is 4.39 Å². The van der Waals surface area contributed by atoms with Gasteiger partial charge in [-0.15, -0.1) is 0 Å². The molecule has 4 nitrogen and oxygen atoms in total. The van der Waals surface area contributed by atoms with Gasteiger partial charge in [-0.2, -0.15) is 0 Å². The topological polar surface area (TPSA) is 36.4 Å². The molecule has 22 heavy (non-hydrogen) atoms. The van der Waals surface area contributed by atoms with Crippen LogP contribution in [-0.4, -0.2) is 52.0 Å². The number of nitrogens with zero attached hydrogens (tertiary/aromatic N) is 3. The van der Waals surface area contributed by atoms with Gasteiger partial charge in [0, 0.05) is 50.0 Å². The van der Waals surface area contributed by atoms with Gasteiger partial charge in [-0.05, 0) is 37.3 Å². The van der Waals surface area contributed by atoms with Gasteiger partial charge in [0.25, 0.3) is 0 Å². The largest absolute Gasteiger partial charge is 0.338 e. The van der Waals surface area contributed by atoms with Crippen LogP contribution in [-0.2, 0) is 11.3 Å². The first-order valence-corrected chi connectivity index (χ1v) is 8.30. The second kappa shape index (κ2) is 5.61. The van der Waals surface area contributed by atoms with Crippen LogP contribution in [0.5, 0.6) is 0 Å². The molecule has 4 rings (SSSR count). The van der Waals surface area contributed by atoms with Crippen molar-refractivity contribution in [2.75, 3.05) is 13.1 Å². The van der Waals surface area contributed by atoms with E-state index in [1.54, 1.807) is 6.20 Å². The maximum absolute atomic E-state index is 13.0. The molecule has 3 heterocycles. The highest BCUT2D eigenvalue weighted by Gasteiger charge is 2.47. The molecule has 1 saturated carbocycles. The van der Waals surface area contributed by atoms with Gasteiger partial charge in [0.05, 0.1) is 0 Å². The zero-order valence-corrected chi connectivity index (χ0v) is 12.7. The zero-order chi connectivity index (χ0) is 15.1. The van der Waals surface area contributed by atoms with Crippen molar-refractivity contribution in [1.29, 1.82) is 0 Å². The first-order valence-electron chi connectivity index (χ1n) is 8.30. The fourth-order valence-electron chi connectivity index (χ4n) is 4.26. The molecule has 0 bridgehead atoms. The van der Waals surface area contributed by atoms with Crippen molar-refractivity contribution in [3.63, 3.8) is 0 Å². The van der Waals surface area contributed by atoms with Gasteiger partial charge >= 0.3 is 0 Å². The number of alkyl halides is 1. The van der Waals surface area contributed by atoms with E-state index in [0.29, 0.717) is 24.9 Å². The minimum Gasteiger partial charge on any atom is -0.338 e. The second-order valence-corrected chi connectivity index (χ2v) is 6.84. The molecule has 0 spiro atoms. The van der Waals surface area contributed by atoms with Crippen LogP contribution in [0.2, 0.25) is 0 Å². The maximum atomic E-state index is 13.0. The smallest absolute Gasteiger partial charge is 0.226 e. The highest BCUT2D eigenvalue weighted by molar-refractivity contribution is 5.80. The lowest BCUT2D eigenvalue weighted by Crippen LogP contribution is -2.46. The summed E-state index contributed by atoms with van der Waals surface area (Å²) in [6, 6.07) is 4.87. The lowest BCUT2D eigenvalue weighted by molar-refractivity contribution is -0.141. The predicted molar refractivity (Wildman–Crippen MR) is 80.8 cm³/mol. The number of fused-ring (bicyclic) bond motifs is 1. The summed E-state index contributed by atoms with van der Waals surface area (Å²) in [7, 11) is 0. The number of hydrogen-bond donors (Lipinski definition) is 0. The highest BCUT2D eigenvalue weighted by atomic mass is 19.1. The molecule has 2 aliphatic heterocycles. The quantitative estimate of drug-likeness (QED) is 0.857. The lowest BCUT2D eigenvalue weighted by Gasteiger charge is -2.34. The summed E-state index contributed by atoms with van der Waals surface area (Å²) in [5.74, 6) is 0.144. The predicted octanol–water partition coefficient (Wildman–Crippen LogP) is 2.00. The molecule has 3 fully saturated rings. The average Bonchev–Trinajstić information content (AvgIpc) is 3.07. The van der Waals surface area contributed by atoms with E-state index in [4.69, 9.17) is 0 Å². The van der Waals surface area contributed by atoms with Crippen LogP contribution in [0.25, 0.3) is 0 Å². The summed E-state index contributed by atoms with van der Waals surface area (Å²) >= 11 is 0. The van der Waals surface area contributed by atoms with Crippen molar-refractivity contribution < 1.29 is 9.18 Å².